The Balaban J connectivity index is 2.09. The number of aryl methyl sites for hydroxylation is 1. The monoisotopic (exact) mass is 240 g/mol. The van der Waals surface area contributed by atoms with E-state index < -0.39 is 0 Å². The third kappa shape index (κ3) is 3.04. The molecule has 0 aromatic heterocycles. The van der Waals surface area contributed by atoms with Gasteiger partial charge in [0.2, 0.25) is 0 Å². The molecule has 0 fully saturated rings. The first-order chi connectivity index (χ1) is 8.69. The molecule has 0 aliphatic heterocycles. The topological polar surface area (TPSA) is 29.3 Å². The minimum Gasteiger partial charge on any atom is -0.399 e. The van der Waals surface area contributed by atoms with Crippen molar-refractivity contribution in [2.45, 2.75) is 19.9 Å². The van der Waals surface area contributed by atoms with E-state index in [-0.39, 0.29) is 0 Å². The number of hydrogen-bond acceptors (Lipinski definition) is 2. The van der Waals surface area contributed by atoms with Gasteiger partial charge in [0.15, 0.2) is 0 Å². The summed E-state index contributed by atoms with van der Waals surface area (Å²) in [5.41, 5.74) is 10.4. The van der Waals surface area contributed by atoms with Crippen molar-refractivity contribution >= 4 is 11.4 Å². The Morgan fingerprint density at radius 2 is 1.72 bits per heavy atom. The van der Waals surface area contributed by atoms with Gasteiger partial charge < -0.3 is 10.6 Å². The van der Waals surface area contributed by atoms with Crippen molar-refractivity contribution in [2.24, 2.45) is 0 Å². The van der Waals surface area contributed by atoms with Gasteiger partial charge in [0.05, 0.1) is 0 Å². The summed E-state index contributed by atoms with van der Waals surface area (Å²) in [5, 5.41) is 0. The van der Waals surface area contributed by atoms with Gasteiger partial charge in [-0.1, -0.05) is 31.2 Å². The zero-order valence-electron chi connectivity index (χ0n) is 11.1. The molecule has 0 saturated heterocycles. The molecule has 0 unspecified atom stereocenters. The van der Waals surface area contributed by atoms with Gasteiger partial charge in [0, 0.05) is 25.0 Å². The fourth-order valence-corrected chi connectivity index (χ4v) is 2.04. The lowest BCUT2D eigenvalue weighted by atomic mass is 10.1. The summed E-state index contributed by atoms with van der Waals surface area (Å²) < 4.78 is 0. The molecule has 2 nitrogen and oxygen atoms in total. The minimum atomic E-state index is 0.822. The second kappa shape index (κ2) is 5.58. The van der Waals surface area contributed by atoms with Crippen molar-refractivity contribution in [3.63, 3.8) is 0 Å². The maximum Gasteiger partial charge on any atom is 0.0426 e. The van der Waals surface area contributed by atoms with Gasteiger partial charge in [-0.05, 0) is 41.8 Å². The molecule has 0 atom stereocenters. The predicted molar refractivity (Wildman–Crippen MR) is 78.8 cm³/mol. The average molecular weight is 240 g/mol. The molecule has 0 heterocycles. The first-order valence-electron chi connectivity index (χ1n) is 6.33. The maximum atomic E-state index is 5.79. The highest BCUT2D eigenvalue weighted by atomic mass is 15.1. The van der Waals surface area contributed by atoms with Gasteiger partial charge in [0.1, 0.15) is 0 Å². The van der Waals surface area contributed by atoms with E-state index in [4.69, 9.17) is 5.73 Å². The Morgan fingerprint density at radius 3 is 2.33 bits per heavy atom. The van der Waals surface area contributed by atoms with E-state index >= 15 is 0 Å². The Hall–Kier alpha value is -1.96. The highest BCUT2D eigenvalue weighted by Crippen LogP contribution is 2.17. The van der Waals surface area contributed by atoms with Crippen molar-refractivity contribution in [2.75, 3.05) is 17.7 Å². The number of anilines is 2. The van der Waals surface area contributed by atoms with E-state index in [1.165, 1.54) is 16.8 Å². The second-order valence-corrected chi connectivity index (χ2v) is 4.62. The van der Waals surface area contributed by atoms with E-state index in [0.29, 0.717) is 0 Å². The summed E-state index contributed by atoms with van der Waals surface area (Å²) in [6, 6.07) is 16.8. The van der Waals surface area contributed by atoms with Gasteiger partial charge in [0.25, 0.3) is 0 Å². The molecular formula is C16H20N2. The summed E-state index contributed by atoms with van der Waals surface area (Å²) in [6.07, 6.45) is 1.08. The molecule has 2 N–H and O–H groups in total. The van der Waals surface area contributed by atoms with E-state index in [1.54, 1.807) is 0 Å². The van der Waals surface area contributed by atoms with Crippen LogP contribution in [0, 0.1) is 0 Å². The molecule has 2 heteroatoms. The van der Waals surface area contributed by atoms with Crippen molar-refractivity contribution in [1.29, 1.82) is 0 Å². The standard InChI is InChI=1S/C16H20N2/c1-3-13-7-9-16(10-8-13)18(2)12-14-5-4-6-15(17)11-14/h4-11H,3,12,17H2,1-2H3. The molecule has 0 aliphatic carbocycles. The maximum absolute atomic E-state index is 5.79. The Morgan fingerprint density at radius 1 is 1.00 bits per heavy atom. The van der Waals surface area contributed by atoms with Gasteiger partial charge in [-0.3, -0.25) is 0 Å². The first kappa shape index (κ1) is 12.5. The average Bonchev–Trinajstić information content (AvgIpc) is 2.39. The largest absolute Gasteiger partial charge is 0.399 e. The molecule has 94 valence electrons. The summed E-state index contributed by atoms with van der Waals surface area (Å²) in [5.74, 6) is 0. The van der Waals surface area contributed by atoms with E-state index in [9.17, 15) is 0 Å². The van der Waals surface area contributed by atoms with E-state index in [2.05, 4.69) is 49.2 Å². The van der Waals surface area contributed by atoms with Crippen LogP contribution in [0.2, 0.25) is 0 Å². The van der Waals surface area contributed by atoms with Crippen molar-refractivity contribution < 1.29 is 0 Å². The van der Waals surface area contributed by atoms with E-state index in [1.807, 2.05) is 18.2 Å². The smallest absolute Gasteiger partial charge is 0.0426 e. The van der Waals surface area contributed by atoms with Gasteiger partial charge >= 0.3 is 0 Å². The zero-order chi connectivity index (χ0) is 13.0. The predicted octanol–water partition coefficient (Wildman–Crippen LogP) is 3.47. The van der Waals surface area contributed by atoms with Gasteiger partial charge in [-0.25, -0.2) is 0 Å². The van der Waals surface area contributed by atoms with Crippen molar-refractivity contribution in [1.82, 2.24) is 0 Å². The number of nitrogen functional groups attached to an aromatic ring is 1. The fourth-order valence-electron chi connectivity index (χ4n) is 2.04. The van der Waals surface area contributed by atoms with Crippen LogP contribution in [0.5, 0.6) is 0 Å². The quantitative estimate of drug-likeness (QED) is 0.829. The number of nitrogens with two attached hydrogens (primary N) is 1. The van der Waals surface area contributed by atoms with Gasteiger partial charge in [-0.15, -0.1) is 0 Å². The third-order valence-electron chi connectivity index (χ3n) is 3.16. The van der Waals surface area contributed by atoms with Crippen LogP contribution in [0.1, 0.15) is 18.1 Å². The molecule has 18 heavy (non-hydrogen) atoms. The van der Waals surface area contributed by atoms with Crippen LogP contribution in [0.25, 0.3) is 0 Å². The van der Waals surface area contributed by atoms with Crippen molar-refractivity contribution in [3.05, 3.63) is 59.7 Å². The van der Waals surface area contributed by atoms with Crippen LogP contribution in [-0.4, -0.2) is 7.05 Å². The van der Waals surface area contributed by atoms with Crippen LogP contribution >= 0.6 is 0 Å². The van der Waals surface area contributed by atoms with Crippen LogP contribution < -0.4 is 10.6 Å². The molecule has 2 aromatic carbocycles. The third-order valence-corrected chi connectivity index (χ3v) is 3.16. The molecule has 0 bridgehead atoms. The lowest BCUT2D eigenvalue weighted by Crippen LogP contribution is -2.16. The lowest BCUT2D eigenvalue weighted by Gasteiger charge is -2.20. The summed E-state index contributed by atoms with van der Waals surface area (Å²) in [7, 11) is 2.10. The Kier molecular flexibility index (Phi) is 3.88. The Labute approximate surface area is 109 Å². The fraction of sp³-hybridized carbons (Fsp3) is 0.250. The zero-order valence-corrected chi connectivity index (χ0v) is 11.1. The number of benzene rings is 2. The van der Waals surface area contributed by atoms with Gasteiger partial charge in [-0.2, -0.15) is 0 Å². The molecule has 0 amide bonds. The molecule has 0 spiro atoms. The lowest BCUT2D eigenvalue weighted by molar-refractivity contribution is 0.922. The minimum absolute atomic E-state index is 0.822. The highest BCUT2D eigenvalue weighted by Gasteiger charge is 2.02. The first-order valence-corrected chi connectivity index (χ1v) is 6.33. The summed E-state index contributed by atoms with van der Waals surface area (Å²) in [6.45, 7) is 3.04. The molecular weight excluding hydrogens is 220 g/mol. The van der Waals surface area contributed by atoms with Crippen LogP contribution in [-0.2, 0) is 13.0 Å². The number of rotatable bonds is 4. The van der Waals surface area contributed by atoms with Crippen LogP contribution in [0.4, 0.5) is 11.4 Å². The molecule has 0 aliphatic rings. The summed E-state index contributed by atoms with van der Waals surface area (Å²) in [4.78, 5) is 2.23. The van der Waals surface area contributed by atoms with E-state index in [0.717, 1.165) is 18.7 Å². The number of hydrogen-bond donors (Lipinski definition) is 1. The van der Waals surface area contributed by atoms with Crippen LogP contribution in [0.3, 0.4) is 0 Å². The normalized spacial score (nSPS) is 10.3. The number of nitrogens with zero attached hydrogens (tertiary/aromatic N) is 1. The summed E-state index contributed by atoms with van der Waals surface area (Å²) >= 11 is 0. The SMILES string of the molecule is CCc1ccc(N(C)Cc2cccc(N)c2)cc1. The van der Waals surface area contributed by atoms with Crippen molar-refractivity contribution in [3.8, 4) is 0 Å². The Bertz CT molecular complexity index is 503. The molecule has 2 rings (SSSR count). The molecule has 0 radical (unpaired) electrons. The second-order valence-electron chi connectivity index (χ2n) is 4.62. The highest BCUT2D eigenvalue weighted by molar-refractivity contribution is 5.48. The molecule has 2 aromatic rings. The van der Waals surface area contributed by atoms with Crippen LogP contribution in [0.15, 0.2) is 48.5 Å². The molecule has 0 saturated carbocycles.